The number of nitrogens with one attached hydrogen (secondary N) is 1. The summed E-state index contributed by atoms with van der Waals surface area (Å²) in [6.45, 7) is 6.35. The zero-order valence-electron chi connectivity index (χ0n) is 9.62. The van der Waals surface area contributed by atoms with Crippen molar-refractivity contribution in [3.05, 3.63) is 11.7 Å². The van der Waals surface area contributed by atoms with Crippen molar-refractivity contribution in [2.24, 2.45) is 5.92 Å². The lowest BCUT2D eigenvalue weighted by Gasteiger charge is -1.99. The molecule has 0 atom stereocenters. The van der Waals surface area contributed by atoms with Crippen LogP contribution < -0.4 is 5.32 Å². The quantitative estimate of drug-likeness (QED) is 0.685. The van der Waals surface area contributed by atoms with Gasteiger partial charge in [-0.3, -0.25) is 0 Å². The molecule has 86 valence electrons. The summed E-state index contributed by atoms with van der Waals surface area (Å²) in [6.07, 6.45) is 0.863. The molecule has 0 aliphatic heterocycles. The van der Waals surface area contributed by atoms with Crippen LogP contribution in [0.1, 0.15) is 25.6 Å². The molecule has 0 spiro atoms. The van der Waals surface area contributed by atoms with Crippen molar-refractivity contribution < 1.29 is 9.26 Å². The van der Waals surface area contributed by atoms with E-state index in [-0.39, 0.29) is 0 Å². The fourth-order valence-corrected chi connectivity index (χ4v) is 1.18. The lowest BCUT2D eigenvalue weighted by molar-refractivity contribution is 0.197. The predicted octanol–water partition coefficient (Wildman–Crippen LogP) is 1.00. The third kappa shape index (κ3) is 4.90. The number of hydrogen-bond acceptors (Lipinski definition) is 5. The first kappa shape index (κ1) is 12.1. The van der Waals surface area contributed by atoms with Gasteiger partial charge in [-0.15, -0.1) is 0 Å². The highest BCUT2D eigenvalue weighted by molar-refractivity contribution is 4.86. The SMILES string of the molecule is COCCNCc1nc(CC(C)C)no1. The van der Waals surface area contributed by atoms with Crippen molar-refractivity contribution >= 4 is 0 Å². The van der Waals surface area contributed by atoms with Crippen LogP contribution in [0, 0.1) is 5.92 Å². The molecule has 0 radical (unpaired) electrons. The summed E-state index contributed by atoms with van der Waals surface area (Å²) < 4.78 is 9.99. The first-order valence-electron chi connectivity index (χ1n) is 5.23. The van der Waals surface area contributed by atoms with E-state index in [1.54, 1.807) is 7.11 Å². The van der Waals surface area contributed by atoms with Crippen molar-refractivity contribution in [2.45, 2.75) is 26.8 Å². The second-order valence-corrected chi connectivity index (χ2v) is 3.87. The predicted molar refractivity (Wildman–Crippen MR) is 56.4 cm³/mol. The maximum Gasteiger partial charge on any atom is 0.240 e. The Labute approximate surface area is 90.2 Å². The molecule has 0 fully saturated rings. The van der Waals surface area contributed by atoms with Gasteiger partial charge < -0.3 is 14.6 Å². The van der Waals surface area contributed by atoms with Crippen LogP contribution in [0.3, 0.4) is 0 Å². The van der Waals surface area contributed by atoms with Crippen LogP contribution >= 0.6 is 0 Å². The Kier molecular flexibility index (Phi) is 5.28. The third-order valence-corrected chi connectivity index (χ3v) is 1.86. The molecule has 0 saturated heterocycles. The number of nitrogens with zero attached hydrogens (tertiary/aromatic N) is 2. The highest BCUT2D eigenvalue weighted by Crippen LogP contribution is 2.04. The smallest absolute Gasteiger partial charge is 0.240 e. The summed E-state index contributed by atoms with van der Waals surface area (Å²) in [4.78, 5) is 4.27. The second kappa shape index (κ2) is 6.53. The molecule has 0 amide bonds. The zero-order chi connectivity index (χ0) is 11.1. The van der Waals surface area contributed by atoms with Crippen LogP contribution in [-0.2, 0) is 17.7 Å². The Morgan fingerprint density at radius 3 is 2.93 bits per heavy atom. The van der Waals surface area contributed by atoms with Crippen molar-refractivity contribution in [3.8, 4) is 0 Å². The van der Waals surface area contributed by atoms with Crippen LogP contribution in [0.5, 0.6) is 0 Å². The van der Waals surface area contributed by atoms with Gasteiger partial charge >= 0.3 is 0 Å². The average Bonchev–Trinajstić information content (AvgIpc) is 2.59. The molecule has 0 aliphatic rings. The molecule has 1 heterocycles. The van der Waals surface area contributed by atoms with Gasteiger partial charge in [0.25, 0.3) is 0 Å². The van der Waals surface area contributed by atoms with Gasteiger partial charge in [0.1, 0.15) is 0 Å². The van der Waals surface area contributed by atoms with Gasteiger partial charge in [0.2, 0.25) is 5.89 Å². The van der Waals surface area contributed by atoms with E-state index in [0.717, 1.165) is 18.8 Å². The Balaban J connectivity index is 2.26. The van der Waals surface area contributed by atoms with E-state index in [1.165, 1.54) is 0 Å². The summed E-state index contributed by atoms with van der Waals surface area (Å²) in [5.74, 6) is 1.98. The number of hydrogen-bond donors (Lipinski definition) is 1. The highest BCUT2D eigenvalue weighted by Gasteiger charge is 2.06. The number of methoxy groups -OCH3 is 1. The van der Waals surface area contributed by atoms with Crippen LogP contribution in [0.15, 0.2) is 4.52 Å². The molecule has 0 aliphatic carbocycles. The summed E-state index contributed by atoms with van der Waals surface area (Å²) in [5.41, 5.74) is 0. The number of aromatic nitrogens is 2. The zero-order valence-corrected chi connectivity index (χ0v) is 9.62. The van der Waals surface area contributed by atoms with E-state index < -0.39 is 0 Å². The number of ether oxygens (including phenoxy) is 1. The van der Waals surface area contributed by atoms with Gasteiger partial charge in [-0.05, 0) is 5.92 Å². The summed E-state index contributed by atoms with van der Waals surface area (Å²) >= 11 is 0. The van der Waals surface area contributed by atoms with Crippen LogP contribution in [0.25, 0.3) is 0 Å². The molecule has 5 nitrogen and oxygen atoms in total. The molecule has 1 aromatic rings. The molecule has 15 heavy (non-hydrogen) atoms. The summed E-state index contributed by atoms with van der Waals surface area (Å²) in [6, 6.07) is 0. The first-order chi connectivity index (χ1) is 7.22. The minimum absolute atomic E-state index is 0.553. The molecule has 1 rings (SSSR count). The first-order valence-corrected chi connectivity index (χ1v) is 5.23. The Bertz CT molecular complexity index is 273. The average molecular weight is 213 g/mol. The fourth-order valence-electron chi connectivity index (χ4n) is 1.18. The Morgan fingerprint density at radius 2 is 2.27 bits per heavy atom. The van der Waals surface area contributed by atoms with E-state index in [9.17, 15) is 0 Å². The second-order valence-electron chi connectivity index (χ2n) is 3.87. The molecule has 5 heteroatoms. The van der Waals surface area contributed by atoms with Gasteiger partial charge in [0.15, 0.2) is 5.82 Å². The molecule has 1 N–H and O–H groups in total. The van der Waals surface area contributed by atoms with Crippen molar-refractivity contribution in [1.82, 2.24) is 15.5 Å². The molecule has 0 saturated carbocycles. The lowest BCUT2D eigenvalue weighted by atomic mass is 10.1. The molecule has 0 unspecified atom stereocenters. The normalized spacial score (nSPS) is 11.2. The van der Waals surface area contributed by atoms with E-state index >= 15 is 0 Å². The topological polar surface area (TPSA) is 60.2 Å². The molecule has 1 aromatic heterocycles. The highest BCUT2D eigenvalue weighted by atomic mass is 16.5. The van der Waals surface area contributed by atoms with Crippen LogP contribution in [0.2, 0.25) is 0 Å². The maximum absolute atomic E-state index is 5.08. The summed E-state index contributed by atoms with van der Waals surface area (Å²) in [7, 11) is 1.68. The van der Waals surface area contributed by atoms with E-state index in [4.69, 9.17) is 9.26 Å². The fraction of sp³-hybridized carbons (Fsp3) is 0.800. The lowest BCUT2D eigenvalue weighted by Crippen LogP contribution is -2.18. The van der Waals surface area contributed by atoms with Crippen molar-refractivity contribution in [3.63, 3.8) is 0 Å². The molecular formula is C10H19N3O2. The van der Waals surface area contributed by atoms with Gasteiger partial charge in [0.05, 0.1) is 13.2 Å². The monoisotopic (exact) mass is 213 g/mol. The van der Waals surface area contributed by atoms with Crippen molar-refractivity contribution in [1.29, 1.82) is 0 Å². The van der Waals surface area contributed by atoms with Gasteiger partial charge in [0, 0.05) is 20.1 Å². The van der Waals surface area contributed by atoms with Gasteiger partial charge in [-0.25, -0.2) is 0 Å². The Morgan fingerprint density at radius 1 is 1.47 bits per heavy atom. The van der Waals surface area contributed by atoms with Crippen molar-refractivity contribution in [2.75, 3.05) is 20.3 Å². The van der Waals surface area contributed by atoms with Crippen LogP contribution in [-0.4, -0.2) is 30.4 Å². The largest absolute Gasteiger partial charge is 0.383 e. The number of rotatable bonds is 7. The standard InChI is InChI=1S/C10H19N3O2/c1-8(2)6-9-12-10(15-13-9)7-11-4-5-14-3/h8,11H,4-7H2,1-3H3. The minimum atomic E-state index is 0.553. The molecule has 0 aromatic carbocycles. The van der Waals surface area contributed by atoms with E-state index in [1.807, 2.05) is 0 Å². The van der Waals surface area contributed by atoms with Gasteiger partial charge in [-0.1, -0.05) is 19.0 Å². The Hall–Kier alpha value is -0.940. The third-order valence-electron chi connectivity index (χ3n) is 1.86. The van der Waals surface area contributed by atoms with Crippen LogP contribution in [0.4, 0.5) is 0 Å². The molecular weight excluding hydrogens is 194 g/mol. The maximum atomic E-state index is 5.08. The van der Waals surface area contributed by atoms with E-state index in [0.29, 0.717) is 25.0 Å². The minimum Gasteiger partial charge on any atom is -0.383 e. The van der Waals surface area contributed by atoms with E-state index in [2.05, 4.69) is 29.3 Å². The molecule has 0 bridgehead atoms. The van der Waals surface area contributed by atoms with Gasteiger partial charge in [-0.2, -0.15) is 4.98 Å². The summed E-state index contributed by atoms with van der Waals surface area (Å²) in [5, 5.41) is 7.05.